The topological polar surface area (TPSA) is 107 Å². The molecule has 2 unspecified atom stereocenters. The largest absolute Gasteiger partial charge is 0.478 e. The van der Waals surface area contributed by atoms with Gasteiger partial charge in [-0.3, -0.25) is 4.90 Å². The molecule has 2 saturated heterocycles. The zero-order valence-electron chi connectivity index (χ0n) is 16.9. The Bertz CT molecular complexity index is 856. The molecule has 2 bridgehead atoms. The van der Waals surface area contributed by atoms with Gasteiger partial charge in [-0.25, -0.2) is 9.59 Å². The Morgan fingerprint density at radius 2 is 1.53 bits per heavy atom. The summed E-state index contributed by atoms with van der Waals surface area (Å²) in [7, 11) is 2.27. The number of hydrogen-bond acceptors (Lipinski definition) is 6. The summed E-state index contributed by atoms with van der Waals surface area (Å²) < 4.78 is 0. The number of benzene rings is 1. The Morgan fingerprint density at radius 1 is 0.933 bits per heavy atom. The molecular weight excluding hydrogens is 384 g/mol. The third-order valence-electron chi connectivity index (χ3n) is 5.50. The monoisotopic (exact) mass is 410 g/mol. The second-order valence-corrected chi connectivity index (χ2v) is 7.46. The lowest BCUT2D eigenvalue weighted by Gasteiger charge is -2.48. The zero-order valence-corrected chi connectivity index (χ0v) is 16.9. The smallest absolute Gasteiger partial charge is 0.328 e. The van der Waals surface area contributed by atoms with Gasteiger partial charge in [0.15, 0.2) is 5.82 Å². The van der Waals surface area contributed by atoms with Crippen molar-refractivity contribution < 1.29 is 19.8 Å². The van der Waals surface area contributed by atoms with E-state index >= 15 is 0 Å². The molecule has 2 fully saturated rings. The first-order chi connectivity index (χ1) is 14.4. The number of hydrogen-bond donors (Lipinski definition) is 2. The molecule has 8 nitrogen and oxygen atoms in total. The first-order valence-electron chi connectivity index (χ1n) is 9.94. The molecule has 0 radical (unpaired) electrons. The predicted octanol–water partition coefficient (Wildman–Crippen LogP) is 2.53. The molecule has 2 aromatic rings. The maximum Gasteiger partial charge on any atom is 0.328 e. The van der Waals surface area contributed by atoms with Gasteiger partial charge in [0.1, 0.15) is 0 Å². The number of carboxylic acid groups (broad SMARTS) is 2. The van der Waals surface area contributed by atoms with E-state index in [2.05, 4.69) is 51.3 Å². The molecule has 2 aliphatic rings. The molecule has 30 heavy (non-hydrogen) atoms. The maximum absolute atomic E-state index is 9.55. The van der Waals surface area contributed by atoms with E-state index in [0.29, 0.717) is 24.2 Å². The standard InChI is InChI=1S/C18H22N4.C4H4O4/c1-21-15-8-5-9-16(21)13-22(12-15)18-11-10-17(19-20-18)14-6-3-2-4-7-14;5-3(6)1-2-4(7)8/h2-4,6-7,10-11,15-16H,5,8-9,12-13H2,1H3;1-2H,(H,5,6)(H,7,8)/b;2-1+. The molecular formula is C22H26N4O4. The normalized spacial score (nSPS) is 21.0. The number of piperazine rings is 1. The van der Waals surface area contributed by atoms with Gasteiger partial charge in [-0.05, 0) is 32.0 Å². The van der Waals surface area contributed by atoms with E-state index in [1.807, 2.05) is 18.2 Å². The van der Waals surface area contributed by atoms with Gasteiger partial charge in [-0.2, -0.15) is 0 Å². The van der Waals surface area contributed by atoms with Crippen LogP contribution >= 0.6 is 0 Å². The summed E-state index contributed by atoms with van der Waals surface area (Å²) in [5.41, 5.74) is 2.07. The molecule has 2 N–H and O–H groups in total. The van der Waals surface area contributed by atoms with Crippen LogP contribution in [-0.4, -0.2) is 69.5 Å². The molecule has 0 amide bonds. The summed E-state index contributed by atoms with van der Waals surface area (Å²) >= 11 is 0. The first-order valence-corrected chi connectivity index (χ1v) is 9.94. The Kier molecular flexibility index (Phi) is 7.13. The molecule has 4 rings (SSSR count). The van der Waals surface area contributed by atoms with Crippen LogP contribution in [0.1, 0.15) is 19.3 Å². The van der Waals surface area contributed by atoms with Gasteiger partial charge >= 0.3 is 11.9 Å². The minimum Gasteiger partial charge on any atom is -0.478 e. The molecule has 1 aromatic heterocycles. The van der Waals surface area contributed by atoms with Crippen molar-refractivity contribution in [3.8, 4) is 11.3 Å². The molecule has 1 aromatic carbocycles. The van der Waals surface area contributed by atoms with Gasteiger partial charge < -0.3 is 15.1 Å². The SMILES string of the molecule is CN1C2CCCC1CN(c1ccc(-c3ccccc3)nn1)C2.O=C(O)/C=C/C(=O)O. The summed E-state index contributed by atoms with van der Waals surface area (Å²) in [5.74, 6) is -1.50. The van der Waals surface area contributed by atoms with Crippen LogP contribution in [0.4, 0.5) is 5.82 Å². The number of carboxylic acids is 2. The average molecular weight is 410 g/mol. The Hall–Kier alpha value is -3.26. The molecule has 0 aliphatic carbocycles. The summed E-state index contributed by atoms with van der Waals surface area (Å²) in [6.07, 6.45) is 5.09. The van der Waals surface area contributed by atoms with E-state index in [4.69, 9.17) is 10.2 Å². The van der Waals surface area contributed by atoms with Crippen LogP contribution < -0.4 is 4.90 Å². The van der Waals surface area contributed by atoms with Crippen molar-refractivity contribution >= 4 is 17.8 Å². The molecule has 0 spiro atoms. The van der Waals surface area contributed by atoms with Gasteiger partial charge in [0, 0.05) is 42.9 Å². The van der Waals surface area contributed by atoms with Crippen molar-refractivity contribution in [2.45, 2.75) is 31.3 Å². The number of aromatic nitrogens is 2. The highest BCUT2D eigenvalue weighted by molar-refractivity contribution is 5.89. The van der Waals surface area contributed by atoms with Crippen molar-refractivity contribution in [2.75, 3.05) is 25.0 Å². The van der Waals surface area contributed by atoms with E-state index in [9.17, 15) is 9.59 Å². The molecule has 2 aliphatic heterocycles. The molecule has 158 valence electrons. The Balaban J connectivity index is 0.000000275. The molecule has 2 atom stereocenters. The highest BCUT2D eigenvalue weighted by Crippen LogP contribution is 2.29. The summed E-state index contributed by atoms with van der Waals surface area (Å²) in [6.45, 7) is 2.15. The fraction of sp³-hybridized carbons (Fsp3) is 0.364. The summed E-state index contributed by atoms with van der Waals surface area (Å²) in [5, 5.41) is 24.5. The van der Waals surface area contributed by atoms with Crippen LogP contribution in [0.2, 0.25) is 0 Å². The lowest BCUT2D eigenvalue weighted by Crippen LogP contribution is -2.59. The van der Waals surface area contributed by atoms with Crippen molar-refractivity contribution in [2.24, 2.45) is 0 Å². The van der Waals surface area contributed by atoms with Gasteiger partial charge in [-0.1, -0.05) is 36.8 Å². The van der Waals surface area contributed by atoms with Crippen molar-refractivity contribution in [3.05, 3.63) is 54.6 Å². The van der Waals surface area contributed by atoms with Crippen molar-refractivity contribution in [1.82, 2.24) is 15.1 Å². The molecule has 3 heterocycles. The number of anilines is 1. The van der Waals surface area contributed by atoms with Crippen molar-refractivity contribution in [3.63, 3.8) is 0 Å². The lowest BCUT2D eigenvalue weighted by atomic mass is 9.92. The number of carbonyl (C=O) groups is 2. The highest BCUT2D eigenvalue weighted by Gasteiger charge is 2.35. The van der Waals surface area contributed by atoms with Crippen molar-refractivity contribution in [1.29, 1.82) is 0 Å². The number of likely N-dealkylation sites (N-methyl/N-ethyl adjacent to an activating group) is 1. The summed E-state index contributed by atoms with van der Waals surface area (Å²) in [4.78, 5) is 24.1. The molecule has 0 saturated carbocycles. The fourth-order valence-corrected chi connectivity index (χ4v) is 3.90. The number of nitrogens with zero attached hydrogens (tertiary/aromatic N) is 4. The maximum atomic E-state index is 9.55. The second-order valence-electron chi connectivity index (χ2n) is 7.46. The van der Waals surface area contributed by atoms with Gasteiger partial charge in [0.05, 0.1) is 5.69 Å². The first kappa shape index (κ1) is 21.4. The van der Waals surface area contributed by atoms with Gasteiger partial charge in [-0.15, -0.1) is 10.2 Å². The second kappa shape index (κ2) is 9.98. The lowest BCUT2D eigenvalue weighted by molar-refractivity contribution is -0.134. The van der Waals surface area contributed by atoms with Crippen LogP contribution in [0.15, 0.2) is 54.6 Å². The van der Waals surface area contributed by atoms with E-state index in [-0.39, 0.29) is 0 Å². The third-order valence-corrected chi connectivity index (χ3v) is 5.50. The predicted molar refractivity (Wildman–Crippen MR) is 113 cm³/mol. The Morgan fingerprint density at radius 3 is 2.03 bits per heavy atom. The van der Waals surface area contributed by atoms with Gasteiger partial charge in [0.25, 0.3) is 0 Å². The van der Waals surface area contributed by atoms with Crippen LogP contribution in [0, 0.1) is 0 Å². The quantitative estimate of drug-likeness (QED) is 0.741. The van der Waals surface area contributed by atoms with E-state index in [1.165, 1.54) is 19.3 Å². The fourth-order valence-electron chi connectivity index (χ4n) is 3.90. The summed E-state index contributed by atoms with van der Waals surface area (Å²) in [6, 6.07) is 15.8. The minimum absolute atomic E-state index is 0.558. The third kappa shape index (κ3) is 5.64. The van der Waals surface area contributed by atoms with Crippen LogP contribution in [0.3, 0.4) is 0 Å². The van der Waals surface area contributed by atoms with E-state index in [1.54, 1.807) is 0 Å². The Labute approximate surface area is 175 Å². The van der Waals surface area contributed by atoms with Crippen LogP contribution in [0.25, 0.3) is 11.3 Å². The number of aliphatic carboxylic acids is 2. The van der Waals surface area contributed by atoms with E-state index < -0.39 is 11.9 Å². The minimum atomic E-state index is -1.26. The number of piperidine rings is 1. The number of fused-ring (bicyclic) bond motifs is 2. The average Bonchev–Trinajstić information content (AvgIpc) is 2.73. The number of rotatable bonds is 4. The van der Waals surface area contributed by atoms with Crippen LogP contribution in [0.5, 0.6) is 0 Å². The van der Waals surface area contributed by atoms with Gasteiger partial charge in [0.2, 0.25) is 0 Å². The van der Waals surface area contributed by atoms with Crippen LogP contribution in [-0.2, 0) is 9.59 Å². The highest BCUT2D eigenvalue weighted by atomic mass is 16.4. The molecule has 8 heteroatoms. The van der Waals surface area contributed by atoms with E-state index in [0.717, 1.165) is 30.2 Å². The zero-order chi connectivity index (χ0) is 21.5.